The monoisotopic (exact) mass is 478 g/mol. The van der Waals surface area contributed by atoms with Crippen molar-refractivity contribution in [3.05, 3.63) is 75.9 Å². The van der Waals surface area contributed by atoms with Crippen LogP contribution in [0.25, 0.3) is 16.7 Å². The molecule has 0 aliphatic carbocycles. The lowest BCUT2D eigenvalue weighted by atomic mass is 10.2. The van der Waals surface area contributed by atoms with Gasteiger partial charge < -0.3 is 19.1 Å². The number of benzene rings is 2. The minimum absolute atomic E-state index is 0.167. The molecule has 1 amide bonds. The molecule has 0 N–H and O–H groups in total. The Balaban J connectivity index is 1.44. The Bertz CT molecular complexity index is 1400. The summed E-state index contributed by atoms with van der Waals surface area (Å²) in [6, 6.07) is 14.8. The quantitative estimate of drug-likeness (QED) is 0.448. The minimum atomic E-state index is -0.282. The number of nitrogens with zero attached hydrogens (tertiary/aromatic N) is 6. The Morgan fingerprint density at radius 2 is 1.62 bits per heavy atom. The largest absolute Gasteiger partial charge is 0.497 e. The first-order valence-corrected chi connectivity index (χ1v) is 11.2. The Morgan fingerprint density at radius 3 is 2.26 bits per heavy atom. The second kappa shape index (κ2) is 8.83. The van der Waals surface area contributed by atoms with Gasteiger partial charge in [-0.05, 0) is 48.5 Å². The number of hydrogen-bond donors (Lipinski definition) is 0. The van der Waals surface area contributed by atoms with E-state index in [4.69, 9.17) is 16.3 Å². The number of amides is 1. The van der Waals surface area contributed by atoms with Gasteiger partial charge in [-0.1, -0.05) is 11.6 Å². The molecule has 174 valence electrons. The molecule has 2 aromatic carbocycles. The van der Waals surface area contributed by atoms with Gasteiger partial charge in [0, 0.05) is 43.9 Å². The fourth-order valence-electron chi connectivity index (χ4n) is 4.11. The van der Waals surface area contributed by atoms with E-state index < -0.39 is 0 Å². The second-order valence-corrected chi connectivity index (χ2v) is 8.51. The van der Waals surface area contributed by atoms with Crippen molar-refractivity contribution in [3.63, 3.8) is 0 Å². The number of hydrogen-bond acceptors (Lipinski definition) is 6. The number of piperazine rings is 1. The number of rotatable bonds is 4. The molecule has 1 aliphatic heterocycles. The Labute approximate surface area is 200 Å². The summed E-state index contributed by atoms with van der Waals surface area (Å²) in [5.74, 6) is 0.562. The van der Waals surface area contributed by atoms with Crippen molar-refractivity contribution in [2.75, 3.05) is 38.2 Å². The van der Waals surface area contributed by atoms with E-state index in [2.05, 4.69) is 15.0 Å². The number of halogens is 1. The fourth-order valence-corrected chi connectivity index (χ4v) is 4.24. The summed E-state index contributed by atoms with van der Waals surface area (Å²) in [7, 11) is 3.26. The number of fused-ring (bicyclic) bond motifs is 1. The zero-order chi connectivity index (χ0) is 23.8. The fraction of sp³-hybridized carbons (Fsp3) is 0.250. The molecule has 0 unspecified atom stereocenters. The summed E-state index contributed by atoms with van der Waals surface area (Å²) >= 11 is 6.02. The third-order valence-corrected chi connectivity index (χ3v) is 6.27. The Hall–Kier alpha value is -3.85. The molecule has 2 aromatic heterocycles. The number of ether oxygens (including phenoxy) is 1. The molecule has 34 heavy (non-hydrogen) atoms. The molecule has 9 nitrogen and oxygen atoms in total. The first-order valence-electron chi connectivity index (χ1n) is 10.8. The second-order valence-electron chi connectivity index (χ2n) is 8.07. The molecule has 10 heteroatoms. The smallest absolute Gasteiger partial charge is 0.279 e. The molecule has 3 heterocycles. The van der Waals surface area contributed by atoms with Crippen molar-refractivity contribution < 1.29 is 9.53 Å². The van der Waals surface area contributed by atoms with Crippen LogP contribution in [0, 0.1) is 0 Å². The van der Waals surface area contributed by atoms with Crippen LogP contribution in [-0.4, -0.2) is 63.4 Å². The molecule has 0 atom stereocenters. The Kier molecular flexibility index (Phi) is 5.70. The van der Waals surface area contributed by atoms with Gasteiger partial charge in [0.15, 0.2) is 11.2 Å². The third kappa shape index (κ3) is 3.88. The third-order valence-electron chi connectivity index (χ3n) is 6.02. The Morgan fingerprint density at radius 1 is 0.971 bits per heavy atom. The molecule has 1 aliphatic rings. The maximum absolute atomic E-state index is 13.5. The summed E-state index contributed by atoms with van der Waals surface area (Å²) in [5.41, 5.74) is 2.14. The molecule has 1 saturated heterocycles. The van der Waals surface area contributed by atoms with Gasteiger partial charge in [0.25, 0.3) is 11.5 Å². The summed E-state index contributed by atoms with van der Waals surface area (Å²) in [4.78, 5) is 34.8. The SMILES string of the molecule is COc1ccc(N2CCN(C(=O)c3nn(-c4ccc(Cl)cc4)c4c(=O)n(C)cnc34)CC2)cc1. The van der Waals surface area contributed by atoms with Crippen LogP contribution in [-0.2, 0) is 7.05 Å². The highest BCUT2D eigenvalue weighted by molar-refractivity contribution is 6.30. The number of aromatic nitrogens is 4. The number of carbonyl (C=O) groups excluding carboxylic acids is 1. The predicted octanol–water partition coefficient (Wildman–Crippen LogP) is 2.74. The first-order chi connectivity index (χ1) is 16.5. The van der Waals surface area contributed by atoms with E-state index in [0.29, 0.717) is 42.4 Å². The van der Waals surface area contributed by atoms with Crippen LogP contribution in [0.2, 0.25) is 5.02 Å². The summed E-state index contributed by atoms with van der Waals surface area (Å²) in [6.07, 6.45) is 1.41. The summed E-state index contributed by atoms with van der Waals surface area (Å²) < 4.78 is 8.08. The van der Waals surface area contributed by atoms with Gasteiger partial charge in [0.05, 0.1) is 19.1 Å². The van der Waals surface area contributed by atoms with E-state index >= 15 is 0 Å². The van der Waals surface area contributed by atoms with E-state index in [1.54, 1.807) is 43.3 Å². The van der Waals surface area contributed by atoms with E-state index in [9.17, 15) is 9.59 Å². The topological polar surface area (TPSA) is 85.5 Å². The molecular formula is C24H23ClN6O3. The summed E-state index contributed by atoms with van der Waals surface area (Å²) in [6.45, 7) is 2.43. The van der Waals surface area contributed by atoms with Gasteiger partial charge in [0.2, 0.25) is 0 Å². The van der Waals surface area contributed by atoms with Gasteiger partial charge in [0.1, 0.15) is 11.3 Å². The van der Waals surface area contributed by atoms with Crippen molar-refractivity contribution in [1.82, 2.24) is 24.2 Å². The first kappa shape index (κ1) is 22.0. The lowest BCUT2D eigenvalue weighted by Crippen LogP contribution is -2.49. The average Bonchev–Trinajstić information content (AvgIpc) is 3.27. The van der Waals surface area contributed by atoms with E-state index in [1.165, 1.54) is 15.6 Å². The van der Waals surface area contributed by atoms with Gasteiger partial charge in [-0.3, -0.25) is 9.59 Å². The molecule has 0 bridgehead atoms. The molecule has 0 saturated carbocycles. The van der Waals surface area contributed by atoms with E-state index in [0.717, 1.165) is 11.4 Å². The van der Waals surface area contributed by atoms with Crippen LogP contribution in [0.3, 0.4) is 0 Å². The number of aryl methyl sites for hydroxylation is 1. The standard InChI is InChI=1S/C24H23ClN6O3/c1-28-15-26-20-21(27-31(22(20)24(28)33)18-5-3-16(25)4-6-18)23(32)30-13-11-29(12-14-30)17-7-9-19(34-2)10-8-17/h3-10,15H,11-14H2,1-2H3. The number of methoxy groups -OCH3 is 1. The van der Waals surface area contributed by atoms with Crippen LogP contribution < -0.4 is 15.2 Å². The van der Waals surface area contributed by atoms with E-state index in [-0.39, 0.29) is 22.7 Å². The van der Waals surface area contributed by atoms with Crippen LogP contribution in [0.4, 0.5) is 5.69 Å². The number of anilines is 1. The highest BCUT2D eigenvalue weighted by Gasteiger charge is 2.28. The zero-order valence-electron chi connectivity index (χ0n) is 18.8. The predicted molar refractivity (Wildman–Crippen MR) is 130 cm³/mol. The lowest BCUT2D eigenvalue weighted by molar-refractivity contribution is 0.0742. The lowest BCUT2D eigenvalue weighted by Gasteiger charge is -2.35. The van der Waals surface area contributed by atoms with E-state index in [1.807, 2.05) is 24.3 Å². The highest BCUT2D eigenvalue weighted by Crippen LogP contribution is 2.23. The van der Waals surface area contributed by atoms with Crippen molar-refractivity contribution in [2.24, 2.45) is 7.05 Å². The van der Waals surface area contributed by atoms with Gasteiger partial charge in [-0.15, -0.1) is 0 Å². The van der Waals surface area contributed by atoms with Crippen molar-refractivity contribution >= 4 is 34.2 Å². The van der Waals surface area contributed by atoms with Crippen LogP contribution in [0.15, 0.2) is 59.7 Å². The van der Waals surface area contributed by atoms with Crippen LogP contribution in [0.5, 0.6) is 5.75 Å². The van der Waals surface area contributed by atoms with Gasteiger partial charge >= 0.3 is 0 Å². The van der Waals surface area contributed by atoms with Crippen molar-refractivity contribution in [1.29, 1.82) is 0 Å². The van der Waals surface area contributed by atoms with Gasteiger partial charge in [-0.25, -0.2) is 9.67 Å². The number of carbonyl (C=O) groups is 1. The van der Waals surface area contributed by atoms with Crippen molar-refractivity contribution in [2.45, 2.75) is 0 Å². The zero-order valence-corrected chi connectivity index (χ0v) is 19.6. The molecular weight excluding hydrogens is 456 g/mol. The molecule has 1 fully saturated rings. The minimum Gasteiger partial charge on any atom is -0.497 e. The molecule has 4 aromatic rings. The maximum atomic E-state index is 13.5. The maximum Gasteiger partial charge on any atom is 0.279 e. The van der Waals surface area contributed by atoms with Crippen LogP contribution >= 0.6 is 11.6 Å². The van der Waals surface area contributed by atoms with Crippen molar-refractivity contribution in [3.8, 4) is 11.4 Å². The average molecular weight is 479 g/mol. The van der Waals surface area contributed by atoms with Gasteiger partial charge in [-0.2, -0.15) is 5.10 Å². The molecule has 0 radical (unpaired) electrons. The normalized spacial score (nSPS) is 14.0. The molecule has 5 rings (SSSR count). The molecule has 0 spiro atoms. The van der Waals surface area contributed by atoms with Crippen LogP contribution in [0.1, 0.15) is 10.5 Å². The highest BCUT2D eigenvalue weighted by atomic mass is 35.5. The summed E-state index contributed by atoms with van der Waals surface area (Å²) in [5, 5.41) is 5.11.